The predicted molar refractivity (Wildman–Crippen MR) is 72.0 cm³/mol. The minimum Gasteiger partial charge on any atom is -0.493 e. The van der Waals surface area contributed by atoms with Crippen LogP contribution in [0.5, 0.6) is 5.75 Å². The van der Waals surface area contributed by atoms with E-state index < -0.39 is 0 Å². The van der Waals surface area contributed by atoms with Crippen LogP contribution in [-0.4, -0.2) is 27.4 Å². The van der Waals surface area contributed by atoms with Crippen LogP contribution in [0.15, 0.2) is 30.6 Å². The summed E-state index contributed by atoms with van der Waals surface area (Å²) in [5.41, 5.74) is 1.29. The van der Waals surface area contributed by atoms with Crippen LogP contribution in [0.3, 0.4) is 0 Å². The van der Waals surface area contributed by atoms with Crippen LogP contribution in [0.2, 0.25) is 0 Å². The molecule has 1 N–H and O–H groups in total. The van der Waals surface area contributed by atoms with Crippen molar-refractivity contribution < 1.29 is 4.74 Å². The fraction of sp³-hybridized carbons (Fsp3) is 0.429. The first-order valence-corrected chi connectivity index (χ1v) is 6.53. The molecule has 1 aromatic heterocycles. The minimum absolute atomic E-state index is 0.334. The molecule has 100 valence electrons. The summed E-state index contributed by atoms with van der Waals surface area (Å²) in [6, 6.07) is 8.59. The van der Waals surface area contributed by atoms with Gasteiger partial charge in [0.15, 0.2) is 0 Å². The Labute approximate surface area is 112 Å². The first-order chi connectivity index (χ1) is 9.25. The van der Waals surface area contributed by atoms with Crippen molar-refractivity contribution in [1.82, 2.24) is 20.1 Å². The van der Waals surface area contributed by atoms with Crippen LogP contribution in [-0.2, 0) is 13.6 Å². The molecule has 0 saturated carbocycles. The number of nitrogens with one attached hydrogen (secondary N) is 1. The zero-order chi connectivity index (χ0) is 13.2. The third kappa shape index (κ3) is 2.33. The molecule has 0 spiro atoms. The van der Waals surface area contributed by atoms with Crippen molar-refractivity contribution >= 4 is 0 Å². The molecule has 0 amide bonds. The highest BCUT2D eigenvalue weighted by atomic mass is 16.5. The summed E-state index contributed by atoms with van der Waals surface area (Å²) in [5.74, 6) is 2.35. The van der Waals surface area contributed by atoms with E-state index in [0.29, 0.717) is 12.0 Å². The summed E-state index contributed by atoms with van der Waals surface area (Å²) in [4.78, 5) is 0. The van der Waals surface area contributed by atoms with Crippen LogP contribution >= 0.6 is 0 Å². The number of fused-ring (bicyclic) bond motifs is 1. The maximum absolute atomic E-state index is 5.72. The van der Waals surface area contributed by atoms with Crippen LogP contribution in [0.1, 0.15) is 24.2 Å². The number of aromatic nitrogens is 3. The van der Waals surface area contributed by atoms with Gasteiger partial charge in [-0.1, -0.05) is 18.2 Å². The van der Waals surface area contributed by atoms with Gasteiger partial charge in [-0.15, -0.1) is 10.2 Å². The van der Waals surface area contributed by atoms with E-state index >= 15 is 0 Å². The van der Waals surface area contributed by atoms with E-state index in [4.69, 9.17) is 4.74 Å². The van der Waals surface area contributed by atoms with Gasteiger partial charge in [0.05, 0.1) is 13.2 Å². The molecule has 5 heteroatoms. The third-order valence-electron chi connectivity index (χ3n) is 3.73. The highest BCUT2D eigenvalue weighted by Gasteiger charge is 2.28. The van der Waals surface area contributed by atoms with E-state index in [-0.39, 0.29) is 0 Å². The predicted octanol–water partition coefficient (Wildman–Crippen LogP) is 1.47. The monoisotopic (exact) mass is 258 g/mol. The van der Waals surface area contributed by atoms with Gasteiger partial charge in [-0.25, -0.2) is 0 Å². The molecule has 0 aliphatic carbocycles. The van der Waals surface area contributed by atoms with E-state index in [9.17, 15) is 0 Å². The van der Waals surface area contributed by atoms with Crippen molar-refractivity contribution in [3.05, 3.63) is 42.0 Å². The molecule has 0 bridgehead atoms. The Morgan fingerprint density at radius 3 is 3.11 bits per heavy atom. The lowest BCUT2D eigenvalue weighted by Crippen LogP contribution is -2.33. The summed E-state index contributed by atoms with van der Waals surface area (Å²) in [6.07, 6.45) is 1.72. The normalized spacial score (nSPS) is 18.9. The van der Waals surface area contributed by atoms with Gasteiger partial charge in [-0.3, -0.25) is 0 Å². The summed E-state index contributed by atoms with van der Waals surface area (Å²) >= 11 is 0. The number of ether oxygens (including phenoxy) is 1. The van der Waals surface area contributed by atoms with Crippen LogP contribution in [0, 0.1) is 0 Å². The Bertz CT molecular complexity index is 566. The zero-order valence-corrected chi connectivity index (χ0v) is 11.2. The van der Waals surface area contributed by atoms with Crippen molar-refractivity contribution in [1.29, 1.82) is 0 Å². The molecular formula is C14H18N4O. The second-order valence-corrected chi connectivity index (χ2v) is 4.98. The molecule has 3 rings (SSSR count). The van der Waals surface area contributed by atoms with Crippen molar-refractivity contribution in [2.45, 2.75) is 25.4 Å². The van der Waals surface area contributed by atoms with Crippen molar-refractivity contribution in [3.63, 3.8) is 0 Å². The molecule has 2 heterocycles. The van der Waals surface area contributed by atoms with Gasteiger partial charge in [0.1, 0.15) is 17.9 Å². The van der Waals surface area contributed by atoms with Crippen LogP contribution in [0.4, 0.5) is 0 Å². The third-order valence-corrected chi connectivity index (χ3v) is 3.73. The molecule has 2 aromatic rings. The van der Waals surface area contributed by atoms with Gasteiger partial charge in [0.25, 0.3) is 0 Å². The average molecular weight is 258 g/mol. The molecule has 1 aromatic carbocycles. The van der Waals surface area contributed by atoms with Crippen molar-refractivity contribution in [2.24, 2.45) is 7.05 Å². The molecule has 0 saturated heterocycles. The van der Waals surface area contributed by atoms with Gasteiger partial charge in [-0.2, -0.15) is 0 Å². The summed E-state index contributed by atoms with van der Waals surface area (Å²) in [6.45, 7) is 3.65. The first kappa shape index (κ1) is 12.2. The summed E-state index contributed by atoms with van der Waals surface area (Å²) < 4.78 is 7.65. The van der Waals surface area contributed by atoms with Crippen LogP contribution in [0.25, 0.3) is 0 Å². The number of aryl methyl sites for hydroxylation is 1. The average Bonchev–Trinajstić information content (AvgIpc) is 3.02. The van der Waals surface area contributed by atoms with Gasteiger partial charge in [0.2, 0.25) is 0 Å². The summed E-state index contributed by atoms with van der Waals surface area (Å²) in [7, 11) is 1.95. The maximum atomic E-state index is 5.72. The smallest absolute Gasteiger partial charge is 0.146 e. The SMILES string of the molecule is C[C@H](NCc1nncn1C)[C@H]1COc2ccccc21. The maximum Gasteiger partial charge on any atom is 0.146 e. The fourth-order valence-corrected chi connectivity index (χ4v) is 2.46. The number of nitrogens with zero attached hydrogens (tertiary/aromatic N) is 3. The lowest BCUT2D eigenvalue weighted by atomic mass is 9.94. The van der Waals surface area contributed by atoms with Gasteiger partial charge in [0, 0.05) is 24.6 Å². The number of rotatable bonds is 4. The number of para-hydroxylation sites is 1. The van der Waals surface area contributed by atoms with Gasteiger partial charge >= 0.3 is 0 Å². The number of hydrogen-bond donors (Lipinski definition) is 1. The van der Waals surface area contributed by atoms with Crippen molar-refractivity contribution in [2.75, 3.05) is 6.61 Å². The largest absolute Gasteiger partial charge is 0.493 e. The van der Waals surface area contributed by atoms with E-state index in [1.54, 1.807) is 6.33 Å². The Balaban J connectivity index is 1.66. The minimum atomic E-state index is 0.334. The lowest BCUT2D eigenvalue weighted by Gasteiger charge is -2.19. The quantitative estimate of drug-likeness (QED) is 0.902. The molecule has 1 aliphatic heterocycles. The molecule has 1 aliphatic rings. The Kier molecular flexibility index (Phi) is 3.21. The number of hydrogen-bond acceptors (Lipinski definition) is 4. The van der Waals surface area contributed by atoms with E-state index in [2.05, 4.69) is 34.6 Å². The van der Waals surface area contributed by atoms with E-state index in [1.807, 2.05) is 23.7 Å². The molecular weight excluding hydrogens is 240 g/mol. The molecule has 0 fully saturated rings. The zero-order valence-electron chi connectivity index (χ0n) is 11.2. The Morgan fingerprint density at radius 1 is 1.47 bits per heavy atom. The topological polar surface area (TPSA) is 52.0 Å². The standard InChI is InChI=1S/C14H18N4O/c1-10(15-7-14-17-16-9-18(14)2)12-8-19-13-6-4-3-5-11(12)13/h3-6,9-10,12,15H,7-8H2,1-2H3/t10-,12+/m0/s1. The lowest BCUT2D eigenvalue weighted by molar-refractivity contribution is 0.302. The van der Waals surface area contributed by atoms with Crippen molar-refractivity contribution in [3.8, 4) is 5.75 Å². The molecule has 0 radical (unpaired) electrons. The van der Waals surface area contributed by atoms with E-state index in [0.717, 1.165) is 24.7 Å². The van der Waals surface area contributed by atoms with Gasteiger partial charge < -0.3 is 14.6 Å². The van der Waals surface area contributed by atoms with Crippen LogP contribution < -0.4 is 10.1 Å². The highest BCUT2D eigenvalue weighted by Crippen LogP contribution is 2.35. The molecule has 0 unspecified atom stereocenters. The second kappa shape index (κ2) is 5.01. The van der Waals surface area contributed by atoms with Gasteiger partial charge in [-0.05, 0) is 13.0 Å². The highest BCUT2D eigenvalue weighted by molar-refractivity contribution is 5.40. The number of benzene rings is 1. The fourth-order valence-electron chi connectivity index (χ4n) is 2.46. The summed E-state index contributed by atoms with van der Waals surface area (Å²) in [5, 5.41) is 11.5. The Hall–Kier alpha value is -1.88. The van der Waals surface area contributed by atoms with E-state index in [1.165, 1.54) is 5.56 Å². The second-order valence-electron chi connectivity index (χ2n) is 4.98. The molecule has 5 nitrogen and oxygen atoms in total. The first-order valence-electron chi connectivity index (χ1n) is 6.53. The molecule has 19 heavy (non-hydrogen) atoms. The molecule has 2 atom stereocenters. The Morgan fingerprint density at radius 2 is 2.32 bits per heavy atom.